The van der Waals surface area contributed by atoms with Crippen LogP contribution in [0.25, 0.3) is 10.9 Å². The van der Waals surface area contributed by atoms with E-state index in [1.807, 2.05) is 0 Å². The van der Waals surface area contributed by atoms with Gasteiger partial charge >= 0.3 is 0 Å². The van der Waals surface area contributed by atoms with Crippen molar-refractivity contribution >= 4 is 22.5 Å². The van der Waals surface area contributed by atoms with Crippen molar-refractivity contribution in [1.82, 2.24) is 9.97 Å². The van der Waals surface area contributed by atoms with E-state index in [4.69, 9.17) is 0 Å². The number of benzene rings is 1. The second-order valence-corrected chi connectivity index (χ2v) is 4.26. The highest BCUT2D eigenvalue weighted by Gasteiger charge is 2.08. The number of aromatic nitrogens is 2. The zero-order valence-electron chi connectivity index (χ0n) is 10.4. The van der Waals surface area contributed by atoms with Crippen LogP contribution in [-0.4, -0.2) is 15.9 Å². The molecule has 0 spiro atoms. The van der Waals surface area contributed by atoms with Crippen molar-refractivity contribution in [2.75, 3.05) is 5.32 Å². The summed E-state index contributed by atoms with van der Waals surface area (Å²) in [5, 5.41) is 3.29. The summed E-state index contributed by atoms with van der Waals surface area (Å²) in [5.41, 5.74) is 1.60. The number of fused-ring (bicyclic) bond motifs is 1. The van der Waals surface area contributed by atoms with E-state index in [1.165, 1.54) is 18.3 Å². The number of pyridine rings is 2. The van der Waals surface area contributed by atoms with E-state index >= 15 is 0 Å². The average molecular weight is 267 g/mol. The Morgan fingerprint density at radius 3 is 2.85 bits per heavy atom. The molecule has 0 aliphatic heterocycles. The Morgan fingerprint density at radius 1 is 1.15 bits per heavy atom. The van der Waals surface area contributed by atoms with E-state index in [0.717, 1.165) is 0 Å². The standard InChI is InChI=1S/C15H10FN3O/c16-12-3-4-14-10(7-12)6-11(8-18-14)15(20)19-13-2-1-5-17-9-13/h1-9H,(H,19,20). The lowest BCUT2D eigenvalue weighted by Gasteiger charge is -2.05. The molecule has 3 aromatic rings. The fraction of sp³-hybridized carbons (Fsp3) is 0. The molecule has 1 amide bonds. The van der Waals surface area contributed by atoms with Crippen molar-refractivity contribution < 1.29 is 9.18 Å². The van der Waals surface area contributed by atoms with Crippen LogP contribution in [-0.2, 0) is 0 Å². The van der Waals surface area contributed by atoms with Crippen LogP contribution in [0.2, 0.25) is 0 Å². The SMILES string of the molecule is O=C(Nc1cccnc1)c1cnc2ccc(F)cc2c1. The first kappa shape index (κ1) is 12.2. The summed E-state index contributed by atoms with van der Waals surface area (Å²) in [5.74, 6) is -0.666. The molecule has 3 rings (SSSR count). The van der Waals surface area contributed by atoms with Crippen LogP contribution in [0.1, 0.15) is 10.4 Å². The molecule has 5 heteroatoms. The van der Waals surface area contributed by atoms with Gasteiger partial charge in [0.2, 0.25) is 0 Å². The molecule has 1 aromatic carbocycles. The Balaban J connectivity index is 1.91. The van der Waals surface area contributed by atoms with Crippen LogP contribution >= 0.6 is 0 Å². The number of amides is 1. The summed E-state index contributed by atoms with van der Waals surface area (Å²) in [6.45, 7) is 0. The average Bonchev–Trinajstić information content (AvgIpc) is 2.47. The molecule has 0 aliphatic rings. The lowest BCUT2D eigenvalue weighted by Crippen LogP contribution is -2.12. The van der Waals surface area contributed by atoms with Crippen LogP contribution in [0.3, 0.4) is 0 Å². The van der Waals surface area contributed by atoms with Gasteiger partial charge in [0.15, 0.2) is 0 Å². The van der Waals surface area contributed by atoms with Gasteiger partial charge in [0, 0.05) is 17.8 Å². The Morgan fingerprint density at radius 2 is 2.05 bits per heavy atom. The number of carbonyl (C=O) groups is 1. The summed E-state index contributed by atoms with van der Waals surface area (Å²) >= 11 is 0. The largest absolute Gasteiger partial charge is 0.321 e. The third-order valence-electron chi connectivity index (χ3n) is 2.82. The Kier molecular flexibility index (Phi) is 3.09. The van der Waals surface area contributed by atoms with Crippen molar-refractivity contribution in [2.45, 2.75) is 0 Å². The third kappa shape index (κ3) is 2.47. The molecular weight excluding hydrogens is 257 g/mol. The molecule has 4 nitrogen and oxygen atoms in total. The minimum atomic E-state index is -0.357. The first-order valence-electron chi connectivity index (χ1n) is 5.99. The number of anilines is 1. The van der Waals surface area contributed by atoms with Gasteiger partial charge in [-0.1, -0.05) is 0 Å². The van der Waals surface area contributed by atoms with Gasteiger partial charge in [-0.25, -0.2) is 4.39 Å². The van der Waals surface area contributed by atoms with Gasteiger partial charge in [-0.3, -0.25) is 14.8 Å². The van der Waals surface area contributed by atoms with Crippen molar-refractivity contribution in [3.63, 3.8) is 0 Å². The van der Waals surface area contributed by atoms with E-state index in [2.05, 4.69) is 15.3 Å². The van der Waals surface area contributed by atoms with E-state index in [-0.39, 0.29) is 11.7 Å². The second-order valence-electron chi connectivity index (χ2n) is 4.26. The third-order valence-corrected chi connectivity index (χ3v) is 2.82. The molecule has 20 heavy (non-hydrogen) atoms. The van der Waals surface area contributed by atoms with Gasteiger partial charge < -0.3 is 5.32 Å². The molecule has 1 N–H and O–H groups in total. The molecule has 0 unspecified atom stereocenters. The molecule has 98 valence electrons. The first-order valence-corrected chi connectivity index (χ1v) is 5.99. The smallest absolute Gasteiger partial charge is 0.257 e. The lowest BCUT2D eigenvalue weighted by atomic mass is 10.1. The lowest BCUT2D eigenvalue weighted by molar-refractivity contribution is 0.102. The zero-order chi connectivity index (χ0) is 13.9. The molecule has 0 aliphatic carbocycles. The van der Waals surface area contributed by atoms with Crippen LogP contribution in [0.15, 0.2) is 55.0 Å². The first-order chi connectivity index (χ1) is 9.72. The second kappa shape index (κ2) is 5.05. The monoisotopic (exact) mass is 267 g/mol. The summed E-state index contributed by atoms with van der Waals surface area (Å²) in [6, 6.07) is 9.33. The van der Waals surface area contributed by atoms with Gasteiger partial charge in [-0.2, -0.15) is 0 Å². The molecule has 2 aromatic heterocycles. The van der Waals surface area contributed by atoms with Gasteiger partial charge in [0.1, 0.15) is 5.82 Å². The molecular formula is C15H10FN3O. The van der Waals surface area contributed by atoms with Crippen LogP contribution < -0.4 is 5.32 Å². The van der Waals surface area contributed by atoms with E-state index < -0.39 is 0 Å². The molecule has 2 heterocycles. The molecule has 0 fully saturated rings. The van der Waals surface area contributed by atoms with E-state index in [9.17, 15) is 9.18 Å². The van der Waals surface area contributed by atoms with Crippen molar-refractivity contribution in [3.8, 4) is 0 Å². The Bertz CT molecular complexity index is 774. The number of rotatable bonds is 2. The maximum atomic E-state index is 13.2. The van der Waals surface area contributed by atoms with E-state index in [1.54, 1.807) is 36.7 Å². The topological polar surface area (TPSA) is 54.9 Å². The maximum Gasteiger partial charge on any atom is 0.257 e. The highest BCUT2D eigenvalue weighted by Crippen LogP contribution is 2.16. The molecule has 0 saturated carbocycles. The number of halogens is 1. The molecule has 0 bridgehead atoms. The summed E-state index contributed by atoms with van der Waals surface area (Å²) in [7, 11) is 0. The minimum absolute atomic E-state index is 0.309. The maximum absolute atomic E-state index is 13.2. The number of hydrogen-bond donors (Lipinski definition) is 1. The fourth-order valence-electron chi connectivity index (χ4n) is 1.87. The van der Waals surface area contributed by atoms with Gasteiger partial charge in [-0.05, 0) is 36.4 Å². The minimum Gasteiger partial charge on any atom is -0.321 e. The fourth-order valence-corrected chi connectivity index (χ4v) is 1.87. The summed E-state index contributed by atoms with van der Waals surface area (Å²) in [6.07, 6.45) is 4.63. The highest BCUT2D eigenvalue weighted by molar-refractivity contribution is 6.05. The zero-order valence-corrected chi connectivity index (χ0v) is 10.4. The van der Waals surface area contributed by atoms with Gasteiger partial charge in [0.25, 0.3) is 5.91 Å². The molecule has 0 saturated heterocycles. The molecule has 0 atom stereocenters. The normalized spacial score (nSPS) is 10.4. The van der Waals surface area contributed by atoms with Gasteiger partial charge in [-0.15, -0.1) is 0 Å². The Labute approximate surface area is 114 Å². The van der Waals surface area contributed by atoms with Crippen LogP contribution in [0.4, 0.5) is 10.1 Å². The van der Waals surface area contributed by atoms with Gasteiger partial charge in [0.05, 0.1) is 23.0 Å². The number of carbonyl (C=O) groups excluding carboxylic acids is 1. The predicted octanol–water partition coefficient (Wildman–Crippen LogP) is 3.02. The van der Waals surface area contributed by atoms with Crippen molar-refractivity contribution in [2.24, 2.45) is 0 Å². The van der Waals surface area contributed by atoms with Crippen LogP contribution in [0, 0.1) is 5.82 Å². The summed E-state index contributed by atoms with van der Waals surface area (Å²) in [4.78, 5) is 20.1. The number of hydrogen-bond acceptors (Lipinski definition) is 3. The van der Waals surface area contributed by atoms with E-state index in [0.29, 0.717) is 22.2 Å². The highest BCUT2D eigenvalue weighted by atomic mass is 19.1. The Hall–Kier alpha value is -2.82. The predicted molar refractivity (Wildman–Crippen MR) is 73.9 cm³/mol. The van der Waals surface area contributed by atoms with Crippen LogP contribution in [0.5, 0.6) is 0 Å². The molecule has 0 radical (unpaired) electrons. The quantitative estimate of drug-likeness (QED) is 0.776. The summed E-state index contributed by atoms with van der Waals surface area (Å²) < 4.78 is 13.2. The number of nitrogens with one attached hydrogen (secondary N) is 1. The van der Waals surface area contributed by atoms with Crippen molar-refractivity contribution in [3.05, 3.63) is 66.4 Å². The van der Waals surface area contributed by atoms with Crippen molar-refractivity contribution in [1.29, 1.82) is 0 Å². The number of nitrogens with zero attached hydrogens (tertiary/aromatic N) is 2.